The van der Waals surface area contributed by atoms with Gasteiger partial charge in [-0.25, -0.2) is 4.98 Å². The maximum Gasteiger partial charge on any atom is 0.228 e. The fourth-order valence-electron chi connectivity index (χ4n) is 7.85. The van der Waals surface area contributed by atoms with Crippen LogP contribution in [0.4, 0.5) is 17.1 Å². The highest BCUT2D eigenvalue weighted by Crippen LogP contribution is 2.51. The number of oxazole rings is 1. The van der Waals surface area contributed by atoms with Gasteiger partial charge in [0.05, 0.1) is 0 Å². The summed E-state index contributed by atoms with van der Waals surface area (Å²) in [5.41, 5.74) is 14.9. The first kappa shape index (κ1) is 28.6. The average molecular weight is 645 g/mol. The minimum Gasteiger partial charge on any atom is -0.456 e. The van der Waals surface area contributed by atoms with Crippen LogP contribution in [0.15, 0.2) is 167 Å². The third-order valence-electron chi connectivity index (χ3n) is 10.3. The molecule has 0 amide bonds. The predicted octanol–water partition coefficient (Wildman–Crippen LogP) is 12.8. The van der Waals surface area contributed by atoms with Gasteiger partial charge in [-0.1, -0.05) is 105 Å². The lowest BCUT2D eigenvalue weighted by atomic mass is 9.82. The fourth-order valence-corrected chi connectivity index (χ4v) is 7.85. The van der Waals surface area contributed by atoms with Crippen LogP contribution in [0.5, 0.6) is 0 Å². The number of aromatic nitrogens is 1. The van der Waals surface area contributed by atoms with E-state index in [1.54, 1.807) is 0 Å². The van der Waals surface area contributed by atoms with Gasteiger partial charge in [-0.05, 0) is 94.0 Å². The predicted molar refractivity (Wildman–Crippen MR) is 204 cm³/mol. The number of hydrogen-bond acceptors (Lipinski definition) is 4. The minimum absolute atomic E-state index is 0.0633. The molecule has 1 aliphatic carbocycles. The summed E-state index contributed by atoms with van der Waals surface area (Å²) in [5.74, 6) is 0.588. The largest absolute Gasteiger partial charge is 0.456 e. The van der Waals surface area contributed by atoms with Crippen LogP contribution in [0.3, 0.4) is 0 Å². The van der Waals surface area contributed by atoms with Gasteiger partial charge < -0.3 is 13.7 Å². The molecule has 0 saturated heterocycles. The average Bonchev–Trinajstić information content (AvgIpc) is 3.83. The molecule has 0 radical (unpaired) electrons. The van der Waals surface area contributed by atoms with Crippen LogP contribution in [0, 0.1) is 0 Å². The van der Waals surface area contributed by atoms with Crippen molar-refractivity contribution in [3.05, 3.63) is 169 Å². The van der Waals surface area contributed by atoms with Crippen LogP contribution in [0.25, 0.3) is 66.7 Å². The Bertz CT molecular complexity index is 2700. The summed E-state index contributed by atoms with van der Waals surface area (Å²) in [6, 6.07) is 55.5. The van der Waals surface area contributed by atoms with Crippen molar-refractivity contribution in [1.29, 1.82) is 0 Å². The van der Waals surface area contributed by atoms with E-state index in [0.717, 1.165) is 55.7 Å². The molecular weight excluding hydrogens is 613 g/mol. The number of nitrogens with zero attached hydrogens (tertiary/aromatic N) is 2. The Labute approximate surface area is 289 Å². The first-order chi connectivity index (χ1) is 24.5. The molecule has 9 aromatic rings. The molecule has 238 valence electrons. The number of hydrogen-bond donors (Lipinski definition) is 0. The summed E-state index contributed by atoms with van der Waals surface area (Å²) in [7, 11) is 0. The maximum atomic E-state index is 6.58. The molecule has 0 atom stereocenters. The van der Waals surface area contributed by atoms with Gasteiger partial charge in [0.25, 0.3) is 0 Å². The van der Waals surface area contributed by atoms with Crippen molar-refractivity contribution in [1.82, 2.24) is 4.98 Å². The van der Waals surface area contributed by atoms with E-state index in [1.807, 2.05) is 36.4 Å². The smallest absolute Gasteiger partial charge is 0.228 e. The maximum absolute atomic E-state index is 6.58. The molecule has 50 heavy (non-hydrogen) atoms. The van der Waals surface area contributed by atoms with Gasteiger partial charge in [0.1, 0.15) is 16.7 Å². The van der Waals surface area contributed by atoms with Gasteiger partial charge in [-0.2, -0.15) is 0 Å². The fraction of sp³-hybridized carbons (Fsp3) is 0.0652. The molecular formula is C46H32N2O2. The Balaban J connectivity index is 1.14. The van der Waals surface area contributed by atoms with Gasteiger partial charge in [0, 0.05) is 44.9 Å². The van der Waals surface area contributed by atoms with Crippen molar-refractivity contribution in [2.24, 2.45) is 0 Å². The molecule has 0 N–H and O–H groups in total. The zero-order chi connectivity index (χ0) is 33.4. The van der Waals surface area contributed by atoms with Crippen LogP contribution in [0.2, 0.25) is 0 Å². The Kier molecular flexibility index (Phi) is 6.19. The number of para-hydroxylation sites is 2. The van der Waals surface area contributed by atoms with E-state index in [9.17, 15) is 0 Å². The Morgan fingerprint density at radius 1 is 0.480 bits per heavy atom. The Morgan fingerprint density at radius 3 is 2.00 bits per heavy atom. The van der Waals surface area contributed by atoms with Crippen LogP contribution in [-0.2, 0) is 5.41 Å². The van der Waals surface area contributed by atoms with E-state index in [2.05, 4.69) is 140 Å². The quantitative estimate of drug-likeness (QED) is 0.187. The SMILES string of the molecule is CC1(C)c2ccccc2-c2cc(N(c3ccc(-c4ccccc4)cc3)c3ccc4c(c3)oc3cccc(-c5nc6ccccc6o5)c34)ccc21. The van der Waals surface area contributed by atoms with E-state index in [4.69, 9.17) is 13.8 Å². The Hall–Kier alpha value is -6.39. The molecule has 2 heterocycles. The monoisotopic (exact) mass is 644 g/mol. The highest BCUT2D eigenvalue weighted by atomic mass is 16.3. The molecule has 0 fully saturated rings. The lowest BCUT2D eigenvalue weighted by Gasteiger charge is -2.27. The van der Waals surface area contributed by atoms with Gasteiger partial charge in [0.15, 0.2) is 5.58 Å². The molecule has 10 rings (SSSR count). The number of anilines is 3. The normalized spacial score (nSPS) is 13.2. The zero-order valence-corrected chi connectivity index (χ0v) is 27.7. The molecule has 0 bridgehead atoms. The van der Waals surface area contributed by atoms with Crippen LogP contribution >= 0.6 is 0 Å². The zero-order valence-electron chi connectivity index (χ0n) is 27.7. The van der Waals surface area contributed by atoms with Crippen LogP contribution < -0.4 is 4.90 Å². The molecule has 1 aliphatic rings. The molecule has 0 unspecified atom stereocenters. The first-order valence-corrected chi connectivity index (χ1v) is 17.0. The van der Waals surface area contributed by atoms with Gasteiger partial charge in [-0.3, -0.25) is 0 Å². The topological polar surface area (TPSA) is 42.4 Å². The van der Waals surface area contributed by atoms with Crippen molar-refractivity contribution in [3.8, 4) is 33.7 Å². The lowest BCUT2D eigenvalue weighted by Crippen LogP contribution is -2.15. The van der Waals surface area contributed by atoms with E-state index in [0.29, 0.717) is 5.89 Å². The highest BCUT2D eigenvalue weighted by Gasteiger charge is 2.35. The molecule has 4 heteroatoms. The minimum atomic E-state index is -0.0633. The summed E-state index contributed by atoms with van der Waals surface area (Å²) in [5, 5.41) is 2.02. The molecule has 0 aliphatic heterocycles. The van der Waals surface area contributed by atoms with Gasteiger partial charge in [-0.15, -0.1) is 0 Å². The van der Waals surface area contributed by atoms with Crippen molar-refractivity contribution >= 4 is 50.1 Å². The van der Waals surface area contributed by atoms with Crippen molar-refractivity contribution in [3.63, 3.8) is 0 Å². The van der Waals surface area contributed by atoms with Crippen LogP contribution in [0.1, 0.15) is 25.0 Å². The summed E-state index contributed by atoms with van der Waals surface area (Å²) in [6.07, 6.45) is 0. The highest BCUT2D eigenvalue weighted by molar-refractivity contribution is 6.12. The van der Waals surface area contributed by atoms with E-state index < -0.39 is 0 Å². The van der Waals surface area contributed by atoms with Crippen molar-refractivity contribution in [2.45, 2.75) is 19.3 Å². The van der Waals surface area contributed by atoms with Gasteiger partial charge in [0.2, 0.25) is 5.89 Å². The molecule has 2 aromatic heterocycles. The number of furan rings is 1. The molecule has 7 aromatic carbocycles. The third-order valence-corrected chi connectivity index (χ3v) is 10.3. The number of rotatable bonds is 5. The summed E-state index contributed by atoms with van der Waals surface area (Å²) >= 11 is 0. The molecule has 0 saturated carbocycles. The second-order valence-corrected chi connectivity index (χ2v) is 13.6. The lowest BCUT2D eigenvalue weighted by molar-refractivity contribution is 0.620. The van der Waals surface area contributed by atoms with E-state index in [1.165, 1.54) is 33.4 Å². The molecule has 4 nitrogen and oxygen atoms in total. The Morgan fingerprint density at radius 2 is 1.14 bits per heavy atom. The third kappa shape index (κ3) is 4.35. The van der Waals surface area contributed by atoms with Crippen molar-refractivity contribution < 1.29 is 8.83 Å². The number of fused-ring (bicyclic) bond motifs is 7. The summed E-state index contributed by atoms with van der Waals surface area (Å²) in [4.78, 5) is 7.14. The second-order valence-electron chi connectivity index (χ2n) is 13.6. The van der Waals surface area contributed by atoms with Gasteiger partial charge >= 0.3 is 0 Å². The van der Waals surface area contributed by atoms with Crippen molar-refractivity contribution in [2.75, 3.05) is 4.90 Å². The molecule has 0 spiro atoms. The second kappa shape index (κ2) is 10.8. The first-order valence-electron chi connectivity index (χ1n) is 17.0. The van der Waals surface area contributed by atoms with Crippen LogP contribution in [-0.4, -0.2) is 4.98 Å². The van der Waals surface area contributed by atoms with E-state index in [-0.39, 0.29) is 5.41 Å². The summed E-state index contributed by atoms with van der Waals surface area (Å²) in [6.45, 7) is 4.64. The summed E-state index contributed by atoms with van der Waals surface area (Å²) < 4.78 is 12.8. The number of benzene rings is 7. The standard InChI is InChI=1S/C46H32N2O2/c1-46(2)38-15-7-6-13-34(38)37-27-32(24-26-39(37)46)48(31-21-19-30(20-22-31)29-11-4-3-5-12-29)33-23-25-35-43(28-33)49-42-18-10-14-36(44(35)42)45-47-40-16-8-9-17-41(40)50-45/h3-28H,1-2H3. The van der Waals surface area contributed by atoms with E-state index >= 15 is 0 Å².